The van der Waals surface area contributed by atoms with Gasteiger partial charge in [0.1, 0.15) is 5.01 Å². The largest absolute Gasteiger partial charge is 0.305 e. The van der Waals surface area contributed by atoms with E-state index in [1.54, 1.807) is 11.3 Å². The van der Waals surface area contributed by atoms with Gasteiger partial charge in [0.15, 0.2) is 0 Å². The molecule has 0 saturated heterocycles. The fraction of sp³-hybridized carbons (Fsp3) is 0.700. The van der Waals surface area contributed by atoms with Crippen LogP contribution in [0, 0.1) is 5.92 Å². The first-order valence-electron chi connectivity index (χ1n) is 4.76. The molecule has 0 saturated carbocycles. The van der Waals surface area contributed by atoms with Crippen molar-refractivity contribution in [3.8, 4) is 0 Å². The molecule has 3 heteroatoms. The van der Waals surface area contributed by atoms with Crippen LogP contribution in [0.1, 0.15) is 38.7 Å². The van der Waals surface area contributed by atoms with E-state index in [9.17, 15) is 0 Å². The Kier molecular flexibility index (Phi) is 3.88. The minimum absolute atomic E-state index is 0.373. The van der Waals surface area contributed by atoms with Gasteiger partial charge in [-0.25, -0.2) is 4.98 Å². The Labute approximate surface area is 84.4 Å². The average molecular weight is 198 g/mol. The van der Waals surface area contributed by atoms with E-state index < -0.39 is 0 Å². The first-order valence-corrected chi connectivity index (χ1v) is 5.64. The molecule has 0 amide bonds. The smallest absolute Gasteiger partial charge is 0.109 e. The van der Waals surface area contributed by atoms with Crippen molar-refractivity contribution in [2.75, 3.05) is 0 Å². The summed E-state index contributed by atoms with van der Waals surface area (Å²) in [7, 11) is 0. The van der Waals surface area contributed by atoms with E-state index in [0.717, 1.165) is 0 Å². The quantitative estimate of drug-likeness (QED) is 0.804. The molecule has 1 heterocycles. The van der Waals surface area contributed by atoms with Gasteiger partial charge in [0.2, 0.25) is 0 Å². The van der Waals surface area contributed by atoms with Crippen LogP contribution >= 0.6 is 11.3 Å². The molecular weight excluding hydrogens is 180 g/mol. The molecule has 2 atom stereocenters. The van der Waals surface area contributed by atoms with Gasteiger partial charge in [-0.15, -0.1) is 11.3 Å². The maximum atomic E-state index is 4.28. The zero-order valence-corrected chi connectivity index (χ0v) is 9.56. The van der Waals surface area contributed by atoms with E-state index in [4.69, 9.17) is 0 Å². The van der Waals surface area contributed by atoms with Crippen molar-refractivity contribution in [2.45, 2.75) is 39.8 Å². The van der Waals surface area contributed by atoms with Crippen molar-refractivity contribution in [3.63, 3.8) is 0 Å². The second kappa shape index (κ2) is 4.72. The van der Waals surface area contributed by atoms with Crippen molar-refractivity contribution >= 4 is 11.3 Å². The Bertz CT molecular complexity index is 231. The number of nitrogens with zero attached hydrogens (tertiary/aromatic N) is 1. The van der Waals surface area contributed by atoms with Crippen molar-refractivity contribution in [3.05, 3.63) is 16.6 Å². The fourth-order valence-electron chi connectivity index (χ4n) is 1.11. The standard InChI is InChI=1S/C10H18N2S/c1-7(2)8(3)12-9(4)10-11-5-6-13-10/h5-9,12H,1-4H3/t8-,9-/m0/s1. The molecule has 13 heavy (non-hydrogen) atoms. The Morgan fingerprint density at radius 2 is 2.00 bits per heavy atom. The van der Waals surface area contributed by atoms with Crippen LogP contribution in [-0.4, -0.2) is 11.0 Å². The van der Waals surface area contributed by atoms with Crippen LogP contribution in [0.5, 0.6) is 0 Å². The van der Waals surface area contributed by atoms with Gasteiger partial charge in [0.25, 0.3) is 0 Å². The lowest BCUT2D eigenvalue weighted by Crippen LogP contribution is -2.32. The predicted octanol–water partition coefficient (Wildman–Crippen LogP) is 2.84. The normalized spacial score (nSPS) is 16.1. The molecule has 1 aromatic heterocycles. The van der Waals surface area contributed by atoms with Crippen LogP contribution in [-0.2, 0) is 0 Å². The maximum Gasteiger partial charge on any atom is 0.109 e. The van der Waals surface area contributed by atoms with E-state index in [1.165, 1.54) is 5.01 Å². The van der Waals surface area contributed by atoms with Gasteiger partial charge in [-0.1, -0.05) is 13.8 Å². The highest BCUT2D eigenvalue weighted by Crippen LogP contribution is 2.16. The molecule has 1 aromatic rings. The number of rotatable bonds is 4. The van der Waals surface area contributed by atoms with Gasteiger partial charge >= 0.3 is 0 Å². The van der Waals surface area contributed by atoms with Crippen molar-refractivity contribution in [1.82, 2.24) is 10.3 Å². The molecule has 0 aliphatic heterocycles. The van der Waals surface area contributed by atoms with Gasteiger partial charge < -0.3 is 5.32 Å². The van der Waals surface area contributed by atoms with Crippen LogP contribution in [0.15, 0.2) is 11.6 Å². The highest BCUT2D eigenvalue weighted by atomic mass is 32.1. The highest BCUT2D eigenvalue weighted by molar-refractivity contribution is 7.09. The van der Waals surface area contributed by atoms with Gasteiger partial charge in [-0.3, -0.25) is 0 Å². The van der Waals surface area contributed by atoms with E-state index >= 15 is 0 Å². The Morgan fingerprint density at radius 3 is 2.46 bits per heavy atom. The van der Waals surface area contributed by atoms with Gasteiger partial charge in [-0.05, 0) is 19.8 Å². The molecule has 74 valence electrons. The van der Waals surface area contributed by atoms with E-state index in [2.05, 4.69) is 38.0 Å². The van der Waals surface area contributed by atoms with Gasteiger partial charge in [-0.2, -0.15) is 0 Å². The summed E-state index contributed by atoms with van der Waals surface area (Å²) in [6.45, 7) is 8.84. The molecule has 0 spiro atoms. The molecular formula is C10H18N2S. The maximum absolute atomic E-state index is 4.28. The van der Waals surface area contributed by atoms with E-state index in [-0.39, 0.29) is 0 Å². The zero-order chi connectivity index (χ0) is 9.84. The summed E-state index contributed by atoms with van der Waals surface area (Å²) in [5.41, 5.74) is 0. The molecule has 0 aliphatic rings. The first kappa shape index (κ1) is 10.7. The predicted molar refractivity (Wildman–Crippen MR) is 58.0 cm³/mol. The number of aromatic nitrogens is 1. The number of hydrogen-bond donors (Lipinski definition) is 1. The third-order valence-corrected chi connectivity index (χ3v) is 3.29. The van der Waals surface area contributed by atoms with Crippen molar-refractivity contribution < 1.29 is 0 Å². The lowest BCUT2D eigenvalue weighted by atomic mass is 10.1. The molecule has 0 fully saturated rings. The average Bonchev–Trinajstić information content (AvgIpc) is 2.55. The molecule has 0 bridgehead atoms. The summed E-state index contributed by atoms with van der Waals surface area (Å²) in [6, 6.07) is 0.913. The molecule has 0 radical (unpaired) electrons. The Morgan fingerprint density at radius 1 is 1.31 bits per heavy atom. The minimum Gasteiger partial charge on any atom is -0.305 e. The monoisotopic (exact) mass is 198 g/mol. The summed E-state index contributed by atoms with van der Waals surface area (Å²) in [4.78, 5) is 4.28. The number of thiazole rings is 1. The molecule has 0 unspecified atom stereocenters. The second-order valence-electron chi connectivity index (χ2n) is 3.79. The topological polar surface area (TPSA) is 24.9 Å². The van der Waals surface area contributed by atoms with Gasteiger partial charge in [0, 0.05) is 17.6 Å². The lowest BCUT2D eigenvalue weighted by molar-refractivity contribution is 0.388. The third-order valence-electron chi connectivity index (χ3n) is 2.33. The highest BCUT2D eigenvalue weighted by Gasteiger charge is 2.13. The van der Waals surface area contributed by atoms with Crippen LogP contribution in [0.2, 0.25) is 0 Å². The number of nitrogens with one attached hydrogen (secondary N) is 1. The molecule has 2 nitrogen and oxygen atoms in total. The van der Waals surface area contributed by atoms with Gasteiger partial charge in [0.05, 0.1) is 6.04 Å². The van der Waals surface area contributed by atoms with E-state index in [1.807, 2.05) is 11.6 Å². The fourth-order valence-corrected chi connectivity index (χ4v) is 1.76. The van der Waals surface area contributed by atoms with Crippen LogP contribution < -0.4 is 5.32 Å². The van der Waals surface area contributed by atoms with Crippen LogP contribution in [0.4, 0.5) is 0 Å². The molecule has 1 N–H and O–H groups in total. The Hall–Kier alpha value is -0.410. The van der Waals surface area contributed by atoms with Crippen molar-refractivity contribution in [2.24, 2.45) is 5.92 Å². The molecule has 1 rings (SSSR count). The SMILES string of the molecule is CC(C)[C@H](C)N[C@@H](C)c1nccs1. The van der Waals surface area contributed by atoms with Crippen LogP contribution in [0.3, 0.4) is 0 Å². The minimum atomic E-state index is 0.373. The summed E-state index contributed by atoms with van der Waals surface area (Å²) < 4.78 is 0. The van der Waals surface area contributed by atoms with E-state index in [0.29, 0.717) is 18.0 Å². The second-order valence-corrected chi connectivity index (χ2v) is 4.72. The lowest BCUT2D eigenvalue weighted by Gasteiger charge is -2.21. The molecule has 0 aliphatic carbocycles. The summed E-state index contributed by atoms with van der Waals surface area (Å²) in [6.07, 6.45) is 1.86. The molecule has 0 aromatic carbocycles. The zero-order valence-electron chi connectivity index (χ0n) is 8.74. The summed E-state index contributed by atoms with van der Waals surface area (Å²) in [5, 5.41) is 6.72. The number of hydrogen-bond acceptors (Lipinski definition) is 3. The van der Waals surface area contributed by atoms with Crippen molar-refractivity contribution in [1.29, 1.82) is 0 Å². The summed E-state index contributed by atoms with van der Waals surface area (Å²) in [5.74, 6) is 0.669. The summed E-state index contributed by atoms with van der Waals surface area (Å²) >= 11 is 1.71. The van der Waals surface area contributed by atoms with Crippen LogP contribution in [0.25, 0.3) is 0 Å². The first-order chi connectivity index (χ1) is 6.11. The Balaban J connectivity index is 2.46. The third kappa shape index (κ3) is 3.08.